The molecule has 0 spiro atoms. The van der Waals surface area contributed by atoms with Gasteiger partial charge in [0.25, 0.3) is 17.5 Å². The van der Waals surface area contributed by atoms with Crippen LogP contribution in [0.3, 0.4) is 0 Å². The lowest BCUT2D eigenvalue weighted by Crippen LogP contribution is -2.30. The molecule has 49 heavy (non-hydrogen) atoms. The van der Waals surface area contributed by atoms with Crippen LogP contribution in [0.1, 0.15) is 29.3 Å². The Morgan fingerprint density at radius 2 is 1.73 bits per heavy atom. The molecule has 3 N–H and O–H groups in total. The summed E-state index contributed by atoms with van der Waals surface area (Å²) in [6.45, 7) is 1.89. The Morgan fingerprint density at radius 1 is 0.959 bits per heavy atom. The molecule has 4 aromatic carbocycles. The third kappa shape index (κ3) is 9.40. The summed E-state index contributed by atoms with van der Waals surface area (Å²) in [4.78, 5) is 55.7. The van der Waals surface area contributed by atoms with E-state index in [0.29, 0.717) is 45.4 Å². The van der Waals surface area contributed by atoms with E-state index in [2.05, 4.69) is 20.9 Å². The summed E-state index contributed by atoms with van der Waals surface area (Å²) in [7, 11) is 1.55. The molecule has 0 radical (unpaired) electrons. The Balaban J connectivity index is 1.28. The van der Waals surface area contributed by atoms with Crippen molar-refractivity contribution in [2.45, 2.75) is 23.5 Å². The minimum atomic E-state index is -0.539. The van der Waals surface area contributed by atoms with E-state index in [4.69, 9.17) is 4.74 Å². The van der Waals surface area contributed by atoms with Crippen molar-refractivity contribution >= 4 is 63.4 Å². The lowest BCUT2D eigenvalue weighted by atomic mass is 10.1. The van der Waals surface area contributed by atoms with Gasteiger partial charge in [0.05, 0.1) is 23.0 Å². The molecule has 248 valence electrons. The molecule has 1 aromatic heterocycles. The van der Waals surface area contributed by atoms with E-state index in [-0.39, 0.29) is 17.3 Å². The number of nitro benzene ring substituents is 1. The van der Waals surface area contributed by atoms with Crippen molar-refractivity contribution < 1.29 is 24.0 Å². The molecular weight excluding hydrogens is 663 g/mol. The minimum Gasteiger partial charge on any atom is -0.497 e. The van der Waals surface area contributed by atoms with Crippen LogP contribution >= 0.6 is 23.1 Å². The van der Waals surface area contributed by atoms with Crippen LogP contribution in [-0.2, 0) is 9.59 Å². The zero-order valence-corrected chi connectivity index (χ0v) is 28.0. The number of benzene rings is 4. The van der Waals surface area contributed by atoms with Crippen LogP contribution in [0.4, 0.5) is 16.5 Å². The minimum absolute atomic E-state index is 0.0268. The summed E-state index contributed by atoms with van der Waals surface area (Å²) in [6, 6.07) is 28.9. The maximum absolute atomic E-state index is 13.6. The SMILES string of the molecule is CCC(Sc1cccc(NC(=O)/C(=C/c2cccc(OC)c2)NC(=O)c2ccccc2)c1)C(=O)Nc1nc(-c2cccc([N+](=O)[O-])c2)cs1. The Hall–Kier alpha value is -5.79. The predicted molar refractivity (Wildman–Crippen MR) is 193 cm³/mol. The van der Waals surface area contributed by atoms with E-state index in [9.17, 15) is 24.5 Å². The number of thioether (sulfide) groups is 1. The van der Waals surface area contributed by atoms with Gasteiger partial charge in [-0.25, -0.2) is 4.98 Å². The van der Waals surface area contributed by atoms with Gasteiger partial charge in [-0.2, -0.15) is 0 Å². The van der Waals surface area contributed by atoms with Gasteiger partial charge in [0, 0.05) is 39.2 Å². The van der Waals surface area contributed by atoms with E-state index in [1.54, 1.807) is 103 Å². The average Bonchev–Trinajstić information content (AvgIpc) is 3.59. The van der Waals surface area contributed by atoms with Crippen LogP contribution in [0.5, 0.6) is 5.75 Å². The molecule has 0 fully saturated rings. The van der Waals surface area contributed by atoms with Gasteiger partial charge in [-0.15, -0.1) is 23.1 Å². The lowest BCUT2D eigenvalue weighted by Gasteiger charge is -2.15. The smallest absolute Gasteiger partial charge is 0.272 e. The highest BCUT2D eigenvalue weighted by atomic mass is 32.2. The first-order valence-electron chi connectivity index (χ1n) is 15.0. The quantitative estimate of drug-likeness (QED) is 0.0492. The van der Waals surface area contributed by atoms with Crippen LogP contribution in [0.15, 0.2) is 119 Å². The molecule has 3 amide bonds. The monoisotopic (exact) mass is 693 g/mol. The molecule has 1 heterocycles. The summed E-state index contributed by atoms with van der Waals surface area (Å²) in [5.74, 6) is -0.639. The molecule has 0 saturated carbocycles. The van der Waals surface area contributed by atoms with Gasteiger partial charge in [-0.05, 0) is 60.5 Å². The second kappa shape index (κ2) is 16.4. The average molecular weight is 694 g/mol. The summed E-state index contributed by atoms with van der Waals surface area (Å²) >= 11 is 2.56. The van der Waals surface area contributed by atoms with Crippen LogP contribution < -0.4 is 20.7 Å². The highest BCUT2D eigenvalue weighted by Crippen LogP contribution is 2.31. The summed E-state index contributed by atoms with van der Waals surface area (Å²) in [5.41, 5.74) is 2.60. The fourth-order valence-corrected chi connectivity index (χ4v) is 6.34. The molecule has 0 aliphatic rings. The number of carbonyl (C=O) groups is 3. The molecule has 13 heteroatoms. The fraction of sp³-hybridized carbons (Fsp3) is 0.111. The third-order valence-corrected chi connectivity index (χ3v) is 9.17. The van der Waals surface area contributed by atoms with Crippen molar-refractivity contribution in [3.8, 4) is 17.0 Å². The zero-order chi connectivity index (χ0) is 34.8. The van der Waals surface area contributed by atoms with Crippen molar-refractivity contribution in [2.75, 3.05) is 17.7 Å². The van der Waals surface area contributed by atoms with Gasteiger partial charge in [0.15, 0.2) is 5.13 Å². The highest BCUT2D eigenvalue weighted by molar-refractivity contribution is 8.00. The van der Waals surface area contributed by atoms with E-state index in [1.165, 1.54) is 35.2 Å². The molecule has 11 nitrogen and oxygen atoms in total. The number of nitrogens with one attached hydrogen (secondary N) is 3. The molecule has 5 aromatic rings. The number of thiazole rings is 1. The highest BCUT2D eigenvalue weighted by Gasteiger charge is 2.21. The largest absolute Gasteiger partial charge is 0.497 e. The van der Waals surface area contributed by atoms with Crippen LogP contribution in [0.25, 0.3) is 17.3 Å². The molecule has 0 saturated heterocycles. The molecule has 1 unspecified atom stereocenters. The summed E-state index contributed by atoms with van der Waals surface area (Å²) in [5, 5.41) is 21.2. The standard InChI is InChI=1S/C36H31N5O6S2/c1-3-32(35(44)40-36-39-31(22-48-36)25-13-8-15-27(20-25)41(45)46)49-29-17-9-14-26(21-29)37-34(43)30(19-23-10-7-16-28(18-23)47-2)38-33(42)24-11-5-4-6-12-24/h4-22,32H,3H2,1-2H3,(H,37,43)(H,38,42)(H,39,40,44)/b30-19-. The lowest BCUT2D eigenvalue weighted by molar-refractivity contribution is -0.384. The second-order valence-electron chi connectivity index (χ2n) is 10.5. The number of nitrogens with zero attached hydrogens (tertiary/aromatic N) is 2. The van der Waals surface area contributed by atoms with E-state index in [1.807, 2.05) is 13.0 Å². The topological polar surface area (TPSA) is 153 Å². The van der Waals surface area contributed by atoms with Crippen molar-refractivity contribution in [2.24, 2.45) is 0 Å². The van der Waals surface area contributed by atoms with Crippen LogP contribution in [-0.4, -0.2) is 40.0 Å². The number of hydrogen-bond donors (Lipinski definition) is 3. The molecular formula is C36H31N5O6S2. The molecule has 0 aliphatic carbocycles. The third-order valence-electron chi connectivity index (χ3n) is 7.05. The summed E-state index contributed by atoms with van der Waals surface area (Å²) < 4.78 is 5.31. The second-order valence-corrected chi connectivity index (χ2v) is 12.6. The van der Waals surface area contributed by atoms with Crippen molar-refractivity contribution in [1.82, 2.24) is 10.3 Å². The first kappa shape index (κ1) is 34.5. The van der Waals surface area contributed by atoms with E-state index >= 15 is 0 Å². The Labute approximate surface area is 290 Å². The zero-order valence-electron chi connectivity index (χ0n) is 26.4. The number of hydrogen-bond acceptors (Lipinski definition) is 9. The first-order chi connectivity index (χ1) is 23.7. The number of anilines is 2. The van der Waals surface area contributed by atoms with Gasteiger partial charge in [0.1, 0.15) is 11.4 Å². The van der Waals surface area contributed by atoms with Crippen molar-refractivity contribution in [1.29, 1.82) is 0 Å². The van der Waals surface area contributed by atoms with Gasteiger partial charge in [-0.3, -0.25) is 24.5 Å². The number of aromatic nitrogens is 1. The number of rotatable bonds is 13. The van der Waals surface area contributed by atoms with Gasteiger partial charge < -0.3 is 20.7 Å². The maximum Gasteiger partial charge on any atom is 0.272 e. The molecule has 0 bridgehead atoms. The fourth-order valence-electron chi connectivity index (χ4n) is 4.60. The van der Waals surface area contributed by atoms with Gasteiger partial charge >= 0.3 is 0 Å². The molecule has 5 rings (SSSR count). The van der Waals surface area contributed by atoms with Crippen molar-refractivity contribution in [3.05, 3.63) is 135 Å². The van der Waals surface area contributed by atoms with E-state index < -0.39 is 22.0 Å². The number of methoxy groups -OCH3 is 1. The Kier molecular flexibility index (Phi) is 11.5. The van der Waals surface area contributed by atoms with Crippen LogP contribution in [0, 0.1) is 10.1 Å². The molecule has 0 aliphatic heterocycles. The van der Waals surface area contributed by atoms with Crippen molar-refractivity contribution in [3.63, 3.8) is 0 Å². The number of carbonyl (C=O) groups excluding carboxylic acids is 3. The van der Waals surface area contributed by atoms with Gasteiger partial charge in [-0.1, -0.05) is 55.5 Å². The first-order valence-corrected chi connectivity index (χ1v) is 16.8. The number of non-ortho nitro benzene ring substituents is 1. The number of amides is 3. The van der Waals surface area contributed by atoms with Crippen LogP contribution in [0.2, 0.25) is 0 Å². The maximum atomic E-state index is 13.6. The number of ether oxygens (including phenoxy) is 1. The Bertz CT molecular complexity index is 2010. The predicted octanol–water partition coefficient (Wildman–Crippen LogP) is 7.65. The normalized spacial score (nSPS) is 11.7. The van der Waals surface area contributed by atoms with E-state index in [0.717, 1.165) is 4.90 Å². The summed E-state index contributed by atoms with van der Waals surface area (Å²) in [6.07, 6.45) is 2.08. The molecule has 1 atom stereocenters. The number of nitro groups is 1. The Morgan fingerprint density at radius 3 is 2.49 bits per heavy atom. The van der Waals surface area contributed by atoms with Gasteiger partial charge in [0.2, 0.25) is 5.91 Å².